The maximum atomic E-state index is 12.4. The molecule has 0 aromatic carbocycles. The number of allylic oxidation sites excluding steroid dienone is 3. The summed E-state index contributed by atoms with van der Waals surface area (Å²) in [4.78, 5) is 18.2. The van der Waals surface area contributed by atoms with Crippen LogP contribution in [0.3, 0.4) is 0 Å². The lowest BCUT2D eigenvalue weighted by molar-refractivity contribution is 0.0278. The Bertz CT molecular complexity index is 572. The molecule has 0 fully saturated rings. The quantitative estimate of drug-likeness (QED) is 0.355. The highest BCUT2D eigenvalue weighted by molar-refractivity contribution is 9.11. The fourth-order valence-corrected chi connectivity index (χ4v) is 1.86. The molecule has 0 bridgehead atoms. The number of aliphatic imine (C=N–C) groups is 1. The Hall–Kier alpha value is -1.82. The zero-order valence-electron chi connectivity index (χ0n) is 16.0. The third kappa shape index (κ3) is 10.6. The molecule has 0 saturated carbocycles. The van der Waals surface area contributed by atoms with Gasteiger partial charge in [0.2, 0.25) is 0 Å². The van der Waals surface area contributed by atoms with Gasteiger partial charge in [-0.15, -0.1) is 0 Å². The second-order valence-corrected chi connectivity index (χ2v) is 7.50. The van der Waals surface area contributed by atoms with Crippen molar-refractivity contribution < 1.29 is 9.53 Å². The molecule has 0 radical (unpaired) electrons. The van der Waals surface area contributed by atoms with Crippen LogP contribution in [0.4, 0.5) is 4.79 Å². The Morgan fingerprint density at radius 3 is 2.32 bits per heavy atom. The van der Waals surface area contributed by atoms with Gasteiger partial charge in [0.25, 0.3) is 0 Å². The molecule has 0 aromatic heterocycles. The molecule has 0 aliphatic rings. The van der Waals surface area contributed by atoms with Crippen LogP contribution in [0.15, 0.2) is 52.6 Å². The van der Waals surface area contributed by atoms with E-state index in [1.165, 1.54) is 0 Å². The zero-order valence-corrected chi connectivity index (χ0v) is 17.6. The Morgan fingerprint density at radius 1 is 1.28 bits per heavy atom. The number of rotatable bonds is 8. The third-order valence-electron chi connectivity index (χ3n) is 2.90. The Balaban J connectivity index is 4.97. The van der Waals surface area contributed by atoms with E-state index < -0.39 is 5.60 Å². The number of ether oxygens (including phenoxy) is 1. The number of nitrogens with one attached hydrogen (secondary N) is 1. The summed E-state index contributed by atoms with van der Waals surface area (Å²) in [5.41, 5.74) is 0.758. The molecular weight excluding hydrogens is 382 g/mol. The van der Waals surface area contributed by atoms with Gasteiger partial charge in [-0.2, -0.15) is 0 Å². The number of hydrogen-bond acceptors (Lipinski definition) is 3. The van der Waals surface area contributed by atoms with Gasteiger partial charge >= 0.3 is 6.09 Å². The number of amidine groups is 1. The predicted octanol–water partition coefficient (Wildman–Crippen LogP) is 4.79. The van der Waals surface area contributed by atoms with Crippen molar-refractivity contribution in [2.24, 2.45) is 4.99 Å². The van der Waals surface area contributed by atoms with Crippen LogP contribution in [0.25, 0.3) is 0 Å². The minimum absolute atomic E-state index is 0.306. The molecule has 6 heteroatoms. The maximum Gasteiger partial charge on any atom is 0.410 e. The SMILES string of the molecule is C=C(Br)/C=C\C(=C)C(=C)NC(CN(CCC)C(=O)OC(C)(C)C)=NC. The molecule has 0 saturated heterocycles. The molecular formula is C19H30BrN3O2. The maximum absolute atomic E-state index is 12.4. The normalized spacial score (nSPS) is 12.0. The van der Waals surface area contributed by atoms with E-state index in [-0.39, 0.29) is 6.09 Å². The topological polar surface area (TPSA) is 53.9 Å². The van der Waals surface area contributed by atoms with Gasteiger partial charge in [-0.1, -0.05) is 48.7 Å². The summed E-state index contributed by atoms with van der Waals surface area (Å²) in [5.74, 6) is 0.608. The highest BCUT2D eigenvalue weighted by atomic mass is 79.9. The van der Waals surface area contributed by atoms with E-state index in [2.05, 4.69) is 46.0 Å². The van der Waals surface area contributed by atoms with Gasteiger partial charge in [0.05, 0.1) is 6.54 Å². The van der Waals surface area contributed by atoms with Crippen LogP contribution < -0.4 is 5.32 Å². The van der Waals surface area contributed by atoms with E-state index in [0.717, 1.165) is 10.9 Å². The molecule has 25 heavy (non-hydrogen) atoms. The minimum atomic E-state index is -0.541. The van der Waals surface area contributed by atoms with Gasteiger partial charge in [-0.05, 0) is 38.8 Å². The van der Waals surface area contributed by atoms with E-state index >= 15 is 0 Å². The second kappa shape index (κ2) is 10.9. The molecule has 0 heterocycles. The molecule has 140 valence electrons. The first-order valence-corrected chi connectivity index (χ1v) is 8.90. The van der Waals surface area contributed by atoms with Gasteiger partial charge in [-0.3, -0.25) is 4.99 Å². The summed E-state index contributed by atoms with van der Waals surface area (Å²) in [7, 11) is 1.66. The lowest BCUT2D eigenvalue weighted by atomic mass is 10.2. The van der Waals surface area contributed by atoms with Crippen LogP contribution in [-0.2, 0) is 4.74 Å². The van der Waals surface area contributed by atoms with Crippen LogP contribution in [0, 0.1) is 0 Å². The standard InChI is InChI=1S/C19H30BrN3O2/c1-9-12-23(18(24)25-19(5,6)7)13-17(21-8)22-16(4)14(2)10-11-15(3)20/h10-11H,2-4,9,12-13H2,1,5-8H3,(H,21,22)/b11-10-. The van der Waals surface area contributed by atoms with Crippen LogP contribution in [0.2, 0.25) is 0 Å². The Labute approximate surface area is 160 Å². The zero-order chi connectivity index (χ0) is 19.6. The smallest absolute Gasteiger partial charge is 0.410 e. The number of amides is 1. The summed E-state index contributed by atoms with van der Waals surface area (Å²) in [6, 6.07) is 0. The molecule has 1 N–H and O–H groups in total. The predicted molar refractivity (Wildman–Crippen MR) is 110 cm³/mol. The van der Waals surface area contributed by atoms with Crippen molar-refractivity contribution in [3.8, 4) is 0 Å². The lowest BCUT2D eigenvalue weighted by Gasteiger charge is -2.28. The average Bonchev–Trinajstić information content (AvgIpc) is 2.49. The van der Waals surface area contributed by atoms with Crippen molar-refractivity contribution in [2.45, 2.75) is 39.7 Å². The fraction of sp³-hybridized carbons (Fsp3) is 0.474. The van der Waals surface area contributed by atoms with Crippen LogP contribution in [-0.4, -0.2) is 42.6 Å². The first kappa shape index (κ1) is 23.2. The molecule has 0 spiro atoms. The first-order valence-electron chi connectivity index (χ1n) is 8.11. The van der Waals surface area contributed by atoms with Gasteiger partial charge in [-0.25, -0.2) is 4.79 Å². The number of hydrogen-bond donors (Lipinski definition) is 1. The van der Waals surface area contributed by atoms with E-state index in [1.807, 2.05) is 27.7 Å². The van der Waals surface area contributed by atoms with E-state index in [4.69, 9.17) is 4.74 Å². The molecule has 0 unspecified atom stereocenters. The molecule has 0 aromatic rings. The molecule has 0 atom stereocenters. The fourth-order valence-electron chi connectivity index (χ4n) is 1.72. The molecule has 0 aliphatic heterocycles. The highest BCUT2D eigenvalue weighted by Gasteiger charge is 2.22. The molecule has 1 amide bonds. The molecule has 5 nitrogen and oxygen atoms in total. The first-order chi connectivity index (χ1) is 11.5. The van der Waals surface area contributed by atoms with Crippen molar-refractivity contribution in [1.29, 1.82) is 0 Å². The Morgan fingerprint density at radius 2 is 1.88 bits per heavy atom. The second-order valence-electron chi connectivity index (χ2n) is 6.48. The average molecular weight is 412 g/mol. The molecule has 0 rings (SSSR count). The monoisotopic (exact) mass is 411 g/mol. The summed E-state index contributed by atoms with van der Waals surface area (Å²) in [6.45, 7) is 20.0. The van der Waals surface area contributed by atoms with E-state index in [1.54, 1.807) is 24.1 Å². The van der Waals surface area contributed by atoms with Crippen molar-refractivity contribution in [3.63, 3.8) is 0 Å². The summed E-state index contributed by atoms with van der Waals surface area (Å²) in [5, 5.41) is 3.11. The van der Waals surface area contributed by atoms with E-state index in [0.29, 0.717) is 30.2 Å². The summed E-state index contributed by atoms with van der Waals surface area (Å²) < 4.78 is 6.19. The number of carbonyl (C=O) groups excluding carboxylic acids is 1. The molecule has 0 aliphatic carbocycles. The van der Waals surface area contributed by atoms with Crippen LogP contribution in [0.5, 0.6) is 0 Å². The van der Waals surface area contributed by atoms with Crippen molar-refractivity contribution in [3.05, 3.63) is 47.6 Å². The van der Waals surface area contributed by atoms with Gasteiger partial charge in [0.15, 0.2) is 0 Å². The highest BCUT2D eigenvalue weighted by Crippen LogP contribution is 2.11. The summed E-state index contributed by atoms with van der Waals surface area (Å²) >= 11 is 3.25. The number of carbonyl (C=O) groups is 1. The van der Waals surface area contributed by atoms with Crippen LogP contribution >= 0.6 is 15.9 Å². The number of nitrogens with zero attached hydrogens (tertiary/aromatic N) is 2. The van der Waals surface area contributed by atoms with E-state index in [9.17, 15) is 4.79 Å². The van der Waals surface area contributed by atoms with Crippen LogP contribution in [0.1, 0.15) is 34.1 Å². The minimum Gasteiger partial charge on any atom is -0.444 e. The van der Waals surface area contributed by atoms with Gasteiger partial charge in [0, 0.05) is 23.8 Å². The third-order valence-corrected chi connectivity index (χ3v) is 3.17. The Kier molecular flexibility index (Phi) is 10.1. The number of halogens is 1. The van der Waals surface area contributed by atoms with Gasteiger partial charge < -0.3 is 15.0 Å². The largest absolute Gasteiger partial charge is 0.444 e. The van der Waals surface area contributed by atoms with Crippen molar-refractivity contribution in [2.75, 3.05) is 20.1 Å². The lowest BCUT2D eigenvalue weighted by Crippen LogP contribution is -2.43. The summed E-state index contributed by atoms with van der Waals surface area (Å²) in [6.07, 6.45) is 4.02. The van der Waals surface area contributed by atoms with Gasteiger partial charge in [0.1, 0.15) is 11.4 Å². The van der Waals surface area contributed by atoms with Crippen molar-refractivity contribution in [1.82, 2.24) is 10.2 Å². The van der Waals surface area contributed by atoms with Crippen molar-refractivity contribution >= 4 is 27.9 Å².